The molecule has 0 saturated carbocycles. The number of aromatic nitrogens is 2. The molecule has 5 heteroatoms. The number of aryl methyl sites for hydroxylation is 2. The maximum atomic E-state index is 10.8. The highest BCUT2D eigenvalue weighted by molar-refractivity contribution is 9.10. The first-order valence-electron chi connectivity index (χ1n) is 7.01. The highest BCUT2D eigenvalue weighted by Crippen LogP contribution is 2.30. The van der Waals surface area contributed by atoms with E-state index < -0.39 is 6.10 Å². The predicted molar refractivity (Wildman–Crippen MR) is 88.5 cm³/mol. The first-order valence-corrected chi connectivity index (χ1v) is 7.80. The van der Waals surface area contributed by atoms with Crippen LogP contribution in [0.25, 0.3) is 0 Å². The molecule has 0 radical (unpaired) electrons. The topological polar surface area (TPSA) is 41.3 Å². The monoisotopic (exact) mass is 351 g/mol. The Morgan fingerprint density at radius 1 is 1.33 bits per heavy atom. The number of likely N-dealkylation sites (N-methyl/N-ethyl adjacent to an activating group) is 1. The zero-order valence-electron chi connectivity index (χ0n) is 13.0. The second kappa shape index (κ2) is 6.73. The van der Waals surface area contributed by atoms with Crippen molar-refractivity contribution in [1.29, 1.82) is 0 Å². The minimum atomic E-state index is -0.677. The van der Waals surface area contributed by atoms with Crippen molar-refractivity contribution in [2.75, 3.05) is 20.6 Å². The molecule has 1 aromatic heterocycles. The Kier molecular flexibility index (Phi) is 5.19. The lowest BCUT2D eigenvalue weighted by Gasteiger charge is -2.18. The van der Waals surface area contributed by atoms with Crippen molar-refractivity contribution >= 4 is 15.9 Å². The molecule has 1 heterocycles. The number of halogens is 1. The summed E-state index contributed by atoms with van der Waals surface area (Å²) in [6.07, 6.45) is 1.07. The van der Waals surface area contributed by atoms with E-state index in [1.807, 2.05) is 44.8 Å². The molecule has 0 amide bonds. The molecule has 0 saturated heterocycles. The molecule has 1 atom stereocenters. The summed E-state index contributed by atoms with van der Waals surface area (Å²) in [6.45, 7) is 5.68. The molecule has 0 fully saturated rings. The molecule has 2 rings (SSSR count). The van der Waals surface area contributed by atoms with Gasteiger partial charge in [-0.1, -0.05) is 23.8 Å². The van der Waals surface area contributed by atoms with Crippen LogP contribution in [0, 0.1) is 13.8 Å². The Hall–Kier alpha value is -1.17. The fraction of sp³-hybridized carbons (Fsp3) is 0.438. The molecular weight excluding hydrogens is 330 g/mol. The van der Waals surface area contributed by atoms with E-state index in [1.54, 1.807) is 6.20 Å². The summed E-state index contributed by atoms with van der Waals surface area (Å²) in [7, 11) is 4.05. The summed E-state index contributed by atoms with van der Waals surface area (Å²) < 4.78 is 2.71. The van der Waals surface area contributed by atoms with Crippen LogP contribution in [0.4, 0.5) is 0 Å². The van der Waals surface area contributed by atoms with Gasteiger partial charge in [0.15, 0.2) is 0 Å². The van der Waals surface area contributed by atoms with Gasteiger partial charge in [-0.3, -0.25) is 4.68 Å². The summed E-state index contributed by atoms with van der Waals surface area (Å²) >= 11 is 3.51. The Morgan fingerprint density at radius 2 is 2.05 bits per heavy atom. The van der Waals surface area contributed by atoms with Gasteiger partial charge < -0.3 is 10.0 Å². The van der Waals surface area contributed by atoms with Crippen LogP contribution in [-0.4, -0.2) is 40.4 Å². The normalized spacial score (nSPS) is 12.9. The summed E-state index contributed by atoms with van der Waals surface area (Å²) in [5, 5.41) is 15.2. The number of aliphatic hydroxyl groups is 1. The molecule has 0 spiro atoms. The van der Waals surface area contributed by atoms with E-state index >= 15 is 0 Å². The number of rotatable bonds is 5. The summed E-state index contributed by atoms with van der Waals surface area (Å²) in [4.78, 5) is 2.10. The second-order valence-electron chi connectivity index (χ2n) is 5.67. The zero-order chi connectivity index (χ0) is 15.6. The van der Waals surface area contributed by atoms with Gasteiger partial charge in [0.05, 0.1) is 22.9 Å². The van der Waals surface area contributed by atoms with E-state index in [0.717, 1.165) is 39.9 Å². The molecule has 114 valence electrons. The third-order valence-electron chi connectivity index (χ3n) is 3.58. The van der Waals surface area contributed by atoms with Crippen molar-refractivity contribution in [2.45, 2.75) is 26.5 Å². The smallest absolute Gasteiger partial charge is 0.122 e. The molecule has 1 N–H and O–H groups in total. The van der Waals surface area contributed by atoms with E-state index in [1.165, 1.54) is 0 Å². The fourth-order valence-electron chi connectivity index (χ4n) is 2.32. The minimum Gasteiger partial charge on any atom is -0.382 e. The van der Waals surface area contributed by atoms with Crippen LogP contribution in [0.3, 0.4) is 0 Å². The van der Waals surface area contributed by atoms with E-state index in [9.17, 15) is 5.11 Å². The molecular formula is C16H22BrN3O. The Balaban J connectivity index is 2.36. The van der Waals surface area contributed by atoms with Gasteiger partial charge in [0.2, 0.25) is 0 Å². The van der Waals surface area contributed by atoms with E-state index in [4.69, 9.17) is 0 Å². The molecule has 0 aliphatic rings. The predicted octanol–water partition coefficient (Wildman–Crippen LogP) is 2.91. The molecule has 0 bridgehead atoms. The summed E-state index contributed by atoms with van der Waals surface area (Å²) in [6, 6.07) is 6.14. The number of nitrogens with zero attached hydrogens (tertiary/aromatic N) is 3. The first-order chi connectivity index (χ1) is 9.90. The molecule has 1 unspecified atom stereocenters. The van der Waals surface area contributed by atoms with Crippen molar-refractivity contribution in [3.8, 4) is 0 Å². The van der Waals surface area contributed by atoms with Crippen LogP contribution in [-0.2, 0) is 6.54 Å². The van der Waals surface area contributed by atoms with Gasteiger partial charge in [0, 0.05) is 6.54 Å². The van der Waals surface area contributed by atoms with Gasteiger partial charge in [0.1, 0.15) is 6.10 Å². The minimum absolute atomic E-state index is 0.677. The molecule has 4 nitrogen and oxygen atoms in total. The SMILES string of the molecule is Cc1ccc(C)c(C(O)c2c(Br)cnn2CCN(C)C)c1. The van der Waals surface area contributed by atoms with Crippen molar-refractivity contribution in [3.63, 3.8) is 0 Å². The maximum Gasteiger partial charge on any atom is 0.122 e. The molecule has 1 aromatic carbocycles. The maximum absolute atomic E-state index is 10.8. The van der Waals surface area contributed by atoms with Crippen LogP contribution >= 0.6 is 15.9 Å². The van der Waals surface area contributed by atoms with Crippen LogP contribution in [0.5, 0.6) is 0 Å². The van der Waals surface area contributed by atoms with Crippen LogP contribution in [0.2, 0.25) is 0 Å². The Bertz CT molecular complexity index is 622. The molecule has 0 aliphatic carbocycles. The van der Waals surface area contributed by atoms with Gasteiger partial charge in [-0.25, -0.2) is 0 Å². The highest BCUT2D eigenvalue weighted by atomic mass is 79.9. The van der Waals surface area contributed by atoms with E-state index in [2.05, 4.69) is 32.0 Å². The number of aliphatic hydroxyl groups excluding tert-OH is 1. The van der Waals surface area contributed by atoms with Crippen molar-refractivity contribution in [2.24, 2.45) is 0 Å². The van der Waals surface area contributed by atoms with Crippen LogP contribution in [0.15, 0.2) is 28.9 Å². The fourth-order valence-corrected chi connectivity index (χ4v) is 2.83. The Labute approximate surface area is 134 Å². The lowest BCUT2D eigenvalue weighted by molar-refractivity contribution is 0.204. The third kappa shape index (κ3) is 3.73. The van der Waals surface area contributed by atoms with Gasteiger partial charge in [-0.05, 0) is 55.0 Å². The second-order valence-corrected chi connectivity index (χ2v) is 6.52. The van der Waals surface area contributed by atoms with Gasteiger partial charge in [0.25, 0.3) is 0 Å². The quantitative estimate of drug-likeness (QED) is 0.900. The standard InChI is InChI=1S/C16H22BrN3O/c1-11-5-6-12(2)13(9-11)16(21)15-14(17)10-18-20(15)8-7-19(3)4/h5-6,9-10,16,21H,7-8H2,1-4H3. The summed E-state index contributed by atoms with van der Waals surface area (Å²) in [5.74, 6) is 0. The van der Waals surface area contributed by atoms with Gasteiger partial charge in [-0.2, -0.15) is 5.10 Å². The van der Waals surface area contributed by atoms with E-state index in [0.29, 0.717) is 0 Å². The van der Waals surface area contributed by atoms with Gasteiger partial charge in [-0.15, -0.1) is 0 Å². The third-order valence-corrected chi connectivity index (χ3v) is 4.19. The van der Waals surface area contributed by atoms with Crippen LogP contribution in [0.1, 0.15) is 28.5 Å². The summed E-state index contributed by atoms with van der Waals surface area (Å²) in [5.41, 5.74) is 3.97. The number of hydrogen-bond acceptors (Lipinski definition) is 3. The number of hydrogen-bond donors (Lipinski definition) is 1. The molecule has 2 aromatic rings. The Morgan fingerprint density at radius 3 is 2.71 bits per heavy atom. The van der Waals surface area contributed by atoms with E-state index in [-0.39, 0.29) is 0 Å². The molecule has 0 aliphatic heterocycles. The van der Waals surface area contributed by atoms with Crippen molar-refractivity contribution in [3.05, 3.63) is 51.3 Å². The van der Waals surface area contributed by atoms with Crippen LogP contribution < -0.4 is 0 Å². The zero-order valence-corrected chi connectivity index (χ0v) is 14.6. The number of benzene rings is 1. The van der Waals surface area contributed by atoms with Crippen molar-refractivity contribution < 1.29 is 5.11 Å². The average molecular weight is 352 g/mol. The largest absolute Gasteiger partial charge is 0.382 e. The molecule has 21 heavy (non-hydrogen) atoms. The highest BCUT2D eigenvalue weighted by Gasteiger charge is 2.21. The lowest BCUT2D eigenvalue weighted by Crippen LogP contribution is -2.21. The van der Waals surface area contributed by atoms with Crippen molar-refractivity contribution in [1.82, 2.24) is 14.7 Å². The average Bonchev–Trinajstić information content (AvgIpc) is 2.79. The first kappa shape index (κ1) is 16.2. The lowest BCUT2D eigenvalue weighted by atomic mass is 9.99. The van der Waals surface area contributed by atoms with Gasteiger partial charge >= 0.3 is 0 Å².